The summed E-state index contributed by atoms with van der Waals surface area (Å²) in [5, 5.41) is 9.95. The summed E-state index contributed by atoms with van der Waals surface area (Å²) in [5.74, 6) is -0.800. The first-order valence-electron chi connectivity index (χ1n) is 5.01. The Morgan fingerprint density at radius 3 is 2.80 bits per heavy atom. The van der Waals surface area contributed by atoms with Gasteiger partial charge in [-0.25, -0.2) is 0 Å². The minimum Gasteiger partial charge on any atom is -0.480 e. The average Bonchev–Trinajstić information content (AvgIpc) is 2.56. The Bertz CT molecular complexity index is 499. The summed E-state index contributed by atoms with van der Waals surface area (Å²) >= 11 is 0. The number of rotatable bonds is 3. The fourth-order valence-corrected chi connectivity index (χ4v) is 1.88. The molecule has 2 aromatic rings. The number of aromatic nitrogens is 1. The summed E-state index contributed by atoms with van der Waals surface area (Å²) in [5.41, 5.74) is 2.07. The summed E-state index contributed by atoms with van der Waals surface area (Å²) in [7, 11) is 0. The Morgan fingerprint density at radius 2 is 2.13 bits per heavy atom. The minimum absolute atomic E-state index is 0.0384. The van der Waals surface area contributed by atoms with Gasteiger partial charge in [-0.2, -0.15) is 0 Å². The second-order valence-corrected chi connectivity index (χ2v) is 3.53. The third kappa shape index (κ3) is 1.73. The van der Waals surface area contributed by atoms with E-state index in [1.807, 2.05) is 35.8 Å². The minimum atomic E-state index is -0.800. The number of aliphatic carboxylic acids is 1. The summed E-state index contributed by atoms with van der Waals surface area (Å²) in [6, 6.07) is 9.91. The molecule has 0 atom stereocenters. The van der Waals surface area contributed by atoms with Gasteiger partial charge in [-0.05, 0) is 23.9 Å². The lowest BCUT2D eigenvalue weighted by Crippen LogP contribution is -2.10. The Hall–Kier alpha value is -1.77. The molecule has 3 nitrogen and oxygen atoms in total. The molecule has 1 N–H and O–H groups in total. The summed E-state index contributed by atoms with van der Waals surface area (Å²) in [4.78, 5) is 10.8. The van der Waals surface area contributed by atoms with Gasteiger partial charge in [0.15, 0.2) is 0 Å². The molecule has 0 unspecified atom stereocenters. The van der Waals surface area contributed by atoms with Crippen molar-refractivity contribution in [2.45, 2.75) is 19.9 Å². The fraction of sp³-hybridized carbons (Fsp3) is 0.250. The predicted molar refractivity (Wildman–Crippen MR) is 59.0 cm³/mol. The van der Waals surface area contributed by atoms with Gasteiger partial charge < -0.3 is 9.67 Å². The molecule has 15 heavy (non-hydrogen) atoms. The van der Waals surface area contributed by atoms with Crippen LogP contribution in [0.25, 0.3) is 10.9 Å². The van der Waals surface area contributed by atoms with Crippen LogP contribution in [-0.4, -0.2) is 15.6 Å². The third-order valence-electron chi connectivity index (χ3n) is 2.55. The highest BCUT2D eigenvalue weighted by atomic mass is 16.4. The van der Waals surface area contributed by atoms with Crippen molar-refractivity contribution in [1.29, 1.82) is 0 Å². The normalized spacial score (nSPS) is 10.7. The number of benzene rings is 1. The van der Waals surface area contributed by atoms with Gasteiger partial charge >= 0.3 is 5.97 Å². The van der Waals surface area contributed by atoms with E-state index in [1.165, 1.54) is 0 Å². The zero-order chi connectivity index (χ0) is 10.8. The molecule has 0 aliphatic carbocycles. The van der Waals surface area contributed by atoms with Gasteiger partial charge in [-0.15, -0.1) is 0 Å². The topological polar surface area (TPSA) is 42.2 Å². The summed E-state index contributed by atoms with van der Waals surface area (Å²) in [6.45, 7) is 2.07. The summed E-state index contributed by atoms with van der Waals surface area (Å²) < 4.78 is 1.86. The second kappa shape index (κ2) is 3.77. The number of hydrogen-bond donors (Lipinski definition) is 1. The van der Waals surface area contributed by atoms with E-state index < -0.39 is 5.97 Å². The van der Waals surface area contributed by atoms with Gasteiger partial charge in [0.2, 0.25) is 0 Å². The van der Waals surface area contributed by atoms with Crippen molar-refractivity contribution in [2.24, 2.45) is 0 Å². The number of para-hydroxylation sites is 1. The number of carbonyl (C=O) groups is 1. The predicted octanol–water partition coefficient (Wildman–Crippen LogP) is 2.29. The number of fused-ring (bicyclic) bond motifs is 1. The highest BCUT2D eigenvalue weighted by Crippen LogP contribution is 2.19. The van der Waals surface area contributed by atoms with Crippen LogP contribution in [-0.2, 0) is 17.8 Å². The molecule has 0 fully saturated rings. The third-order valence-corrected chi connectivity index (χ3v) is 2.55. The van der Waals surface area contributed by atoms with Crippen molar-refractivity contribution < 1.29 is 9.90 Å². The molecule has 78 valence electrons. The van der Waals surface area contributed by atoms with E-state index in [9.17, 15) is 4.79 Å². The van der Waals surface area contributed by atoms with Crippen molar-refractivity contribution in [1.82, 2.24) is 4.57 Å². The molecule has 0 aliphatic heterocycles. The van der Waals surface area contributed by atoms with Gasteiger partial charge in [0.25, 0.3) is 0 Å². The maximum atomic E-state index is 10.8. The van der Waals surface area contributed by atoms with Gasteiger partial charge in [0.1, 0.15) is 6.54 Å². The van der Waals surface area contributed by atoms with E-state index in [2.05, 4.69) is 6.07 Å². The smallest absolute Gasteiger partial charge is 0.323 e. The molecule has 1 aromatic carbocycles. The van der Waals surface area contributed by atoms with E-state index in [0.717, 1.165) is 23.0 Å². The molecule has 0 bridgehead atoms. The number of aryl methyl sites for hydroxylation is 1. The van der Waals surface area contributed by atoms with Crippen molar-refractivity contribution in [3.8, 4) is 0 Å². The fourth-order valence-electron chi connectivity index (χ4n) is 1.88. The quantitative estimate of drug-likeness (QED) is 0.831. The van der Waals surface area contributed by atoms with Gasteiger partial charge in [0, 0.05) is 11.2 Å². The van der Waals surface area contributed by atoms with E-state index in [1.54, 1.807) is 0 Å². The Balaban J connectivity index is 2.61. The van der Waals surface area contributed by atoms with Crippen molar-refractivity contribution in [2.75, 3.05) is 0 Å². The maximum absolute atomic E-state index is 10.8. The largest absolute Gasteiger partial charge is 0.480 e. The van der Waals surface area contributed by atoms with E-state index >= 15 is 0 Å². The molecule has 0 amide bonds. The summed E-state index contributed by atoms with van der Waals surface area (Å²) in [6.07, 6.45) is 0.849. The van der Waals surface area contributed by atoms with Crippen LogP contribution in [0.2, 0.25) is 0 Å². The first-order chi connectivity index (χ1) is 7.22. The maximum Gasteiger partial charge on any atom is 0.323 e. The van der Waals surface area contributed by atoms with Crippen molar-refractivity contribution in [3.05, 3.63) is 36.0 Å². The Labute approximate surface area is 87.9 Å². The molecule has 1 aromatic heterocycles. The average molecular weight is 203 g/mol. The molecule has 0 spiro atoms. The molecule has 1 heterocycles. The van der Waals surface area contributed by atoms with Crippen LogP contribution in [0.15, 0.2) is 30.3 Å². The molecule has 0 radical (unpaired) electrons. The highest BCUT2D eigenvalue weighted by Gasteiger charge is 2.09. The van der Waals surface area contributed by atoms with Crippen LogP contribution >= 0.6 is 0 Å². The molecule has 0 saturated carbocycles. The number of nitrogens with zero attached hydrogens (tertiary/aromatic N) is 1. The lowest BCUT2D eigenvalue weighted by atomic mass is 10.2. The van der Waals surface area contributed by atoms with E-state index in [4.69, 9.17) is 5.11 Å². The standard InChI is InChI=1S/C12H13NO2/c1-2-10-7-9-5-3-4-6-11(9)13(10)8-12(14)15/h3-7H,2,8H2,1H3,(H,14,15). The molecular weight excluding hydrogens is 190 g/mol. The van der Waals surface area contributed by atoms with Gasteiger partial charge in [0.05, 0.1) is 0 Å². The lowest BCUT2D eigenvalue weighted by Gasteiger charge is -2.05. The highest BCUT2D eigenvalue weighted by molar-refractivity contribution is 5.82. The SMILES string of the molecule is CCc1cc2ccccc2n1CC(=O)O. The molecule has 2 rings (SSSR count). The van der Waals surface area contributed by atoms with Crippen LogP contribution in [0.1, 0.15) is 12.6 Å². The van der Waals surface area contributed by atoms with Crippen LogP contribution in [0.3, 0.4) is 0 Å². The molecule has 3 heteroatoms. The van der Waals surface area contributed by atoms with E-state index in [-0.39, 0.29) is 6.54 Å². The zero-order valence-electron chi connectivity index (χ0n) is 8.60. The van der Waals surface area contributed by atoms with Crippen molar-refractivity contribution >= 4 is 16.9 Å². The monoisotopic (exact) mass is 203 g/mol. The Morgan fingerprint density at radius 1 is 1.40 bits per heavy atom. The van der Waals surface area contributed by atoms with Gasteiger partial charge in [-0.3, -0.25) is 4.79 Å². The first-order valence-corrected chi connectivity index (χ1v) is 5.01. The van der Waals surface area contributed by atoms with Crippen LogP contribution in [0.5, 0.6) is 0 Å². The van der Waals surface area contributed by atoms with Crippen LogP contribution in [0, 0.1) is 0 Å². The van der Waals surface area contributed by atoms with Crippen LogP contribution in [0.4, 0.5) is 0 Å². The molecule has 0 saturated heterocycles. The Kier molecular flexibility index (Phi) is 2.46. The zero-order valence-corrected chi connectivity index (χ0v) is 8.60. The first kappa shape index (κ1) is 9.77. The lowest BCUT2D eigenvalue weighted by molar-refractivity contribution is -0.137. The van der Waals surface area contributed by atoms with Crippen molar-refractivity contribution in [3.63, 3.8) is 0 Å². The van der Waals surface area contributed by atoms with Crippen LogP contribution < -0.4 is 0 Å². The number of hydrogen-bond acceptors (Lipinski definition) is 1. The molecular formula is C12H13NO2. The van der Waals surface area contributed by atoms with E-state index in [0.29, 0.717) is 0 Å². The number of carboxylic acids is 1. The number of carboxylic acid groups (broad SMARTS) is 1. The van der Waals surface area contributed by atoms with Gasteiger partial charge in [-0.1, -0.05) is 25.1 Å². The second-order valence-electron chi connectivity index (χ2n) is 3.53. The molecule has 0 aliphatic rings.